The van der Waals surface area contributed by atoms with Crippen molar-refractivity contribution in [2.75, 3.05) is 17.6 Å². The van der Waals surface area contributed by atoms with E-state index in [2.05, 4.69) is 20.8 Å². The number of thioether (sulfide) groups is 1. The Balaban J connectivity index is 1.48. The molecule has 0 radical (unpaired) electrons. The maximum absolute atomic E-state index is 12.3. The maximum Gasteiger partial charge on any atom is 0.251 e. The molecule has 11 heteroatoms. The average Bonchev–Trinajstić information content (AvgIpc) is 3.10. The number of halogens is 3. The van der Waals surface area contributed by atoms with E-state index in [9.17, 15) is 9.59 Å². The van der Waals surface area contributed by atoms with Gasteiger partial charge in [-0.3, -0.25) is 9.59 Å². The molecule has 0 unspecified atom stereocenters. The van der Waals surface area contributed by atoms with Crippen molar-refractivity contribution in [2.45, 2.75) is 18.5 Å². The van der Waals surface area contributed by atoms with Gasteiger partial charge in [-0.25, -0.2) is 0 Å². The van der Waals surface area contributed by atoms with E-state index in [-0.39, 0.29) is 17.6 Å². The van der Waals surface area contributed by atoms with Crippen LogP contribution in [0.25, 0.3) is 0 Å². The molecular formula is C21H20Cl3N5O2S. The van der Waals surface area contributed by atoms with Gasteiger partial charge in [0.2, 0.25) is 5.91 Å². The second-order valence-electron chi connectivity index (χ2n) is 6.89. The monoisotopic (exact) mass is 511 g/mol. The minimum Gasteiger partial charge on any atom is -0.352 e. The van der Waals surface area contributed by atoms with Gasteiger partial charge in [0.25, 0.3) is 5.91 Å². The smallest absolute Gasteiger partial charge is 0.251 e. The molecule has 7 nitrogen and oxygen atoms in total. The second-order valence-corrected chi connectivity index (χ2v) is 9.08. The highest BCUT2D eigenvalue weighted by Crippen LogP contribution is 2.23. The van der Waals surface area contributed by atoms with Crippen LogP contribution in [0.3, 0.4) is 0 Å². The molecule has 0 fully saturated rings. The molecule has 0 aliphatic carbocycles. The summed E-state index contributed by atoms with van der Waals surface area (Å²) in [5, 5.41) is 15.9. The molecule has 2 amide bonds. The fourth-order valence-corrected chi connectivity index (χ4v) is 4.05. The Morgan fingerprint density at radius 2 is 1.84 bits per heavy atom. The first kappa shape index (κ1) is 24.4. The van der Waals surface area contributed by atoms with E-state index in [4.69, 9.17) is 34.8 Å². The molecule has 1 heterocycles. The van der Waals surface area contributed by atoms with Crippen LogP contribution in [0.4, 0.5) is 5.69 Å². The third-order valence-electron chi connectivity index (χ3n) is 4.54. The Labute approximate surface area is 204 Å². The van der Waals surface area contributed by atoms with Crippen molar-refractivity contribution in [1.29, 1.82) is 0 Å². The molecule has 32 heavy (non-hydrogen) atoms. The van der Waals surface area contributed by atoms with Crippen LogP contribution in [0, 0.1) is 6.92 Å². The highest BCUT2D eigenvalue weighted by Gasteiger charge is 2.13. The minimum atomic E-state index is -0.255. The van der Waals surface area contributed by atoms with E-state index in [1.165, 1.54) is 17.8 Å². The summed E-state index contributed by atoms with van der Waals surface area (Å²) in [6, 6.07) is 10.00. The first-order chi connectivity index (χ1) is 15.2. The van der Waals surface area contributed by atoms with Gasteiger partial charge in [-0.15, -0.1) is 10.2 Å². The number of carbonyl (C=O) groups is 2. The third-order valence-corrected chi connectivity index (χ3v) is 6.53. The number of hydrogen-bond donors (Lipinski definition) is 2. The standard InChI is InChI=1S/C21H20Cl3N5O2S/c1-12-9-14(22)4-6-17(12)26-19(30)11-32-21-28-27-18(29(21)2)7-8-25-20(31)13-3-5-15(23)16(24)10-13/h3-6,9-10H,7-8,11H2,1-2H3,(H,25,31)(H,26,30). The van der Waals surface area contributed by atoms with Crippen LogP contribution in [0.15, 0.2) is 41.6 Å². The van der Waals surface area contributed by atoms with Crippen molar-refractivity contribution in [3.05, 3.63) is 68.4 Å². The SMILES string of the molecule is Cc1cc(Cl)ccc1NC(=O)CSc1nnc(CCNC(=O)c2ccc(Cl)c(Cl)c2)n1C. The topological polar surface area (TPSA) is 88.9 Å². The van der Waals surface area contributed by atoms with Crippen molar-refractivity contribution < 1.29 is 9.59 Å². The molecule has 168 valence electrons. The van der Waals surface area contributed by atoms with Crippen LogP contribution in [-0.4, -0.2) is 38.9 Å². The number of nitrogens with one attached hydrogen (secondary N) is 2. The molecule has 0 atom stereocenters. The van der Waals surface area contributed by atoms with Gasteiger partial charge >= 0.3 is 0 Å². The van der Waals surface area contributed by atoms with Crippen LogP contribution in [0.1, 0.15) is 21.7 Å². The van der Waals surface area contributed by atoms with Crippen molar-refractivity contribution in [3.63, 3.8) is 0 Å². The van der Waals surface area contributed by atoms with E-state index in [1.807, 2.05) is 14.0 Å². The normalized spacial score (nSPS) is 10.8. The van der Waals surface area contributed by atoms with Crippen molar-refractivity contribution >= 4 is 64.1 Å². The summed E-state index contributed by atoms with van der Waals surface area (Å²) in [5.74, 6) is 0.464. The molecule has 3 rings (SSSR count). The zero-order valence-corrected chi connectivity index (χ0v) is 20.4. The summed E-state index contributed by atoms with van der Waals surface area (Å²) in [7, 11) is 1.82. The van der Waals surface area contributed by atoms with Crippen molar-refractivity contribution in [2.24, 2.45) is 7.05 Å². The fraction of sp³-hybridized carbons (Fsp3) is 0.238. The summed E-state index contributed by atoms with van der Waals surface area (Å²) in [6.45, 7) is 2.25. The zero-order chi connectivity index (χ0) is 23.3. The number of anilines is 1. The number of carbonyl (C=O) groups excluding carboxylic acids is 2. The first-order valence-electron chi connectivity index (χ1n) is 9.55. The molecule has 3 aromatic rings. The molecule has 0 aliphatic rings. The zero-order valence-electron chi connectivity index (χ0n) is 17.3. The molecular weight excluding hydrogens is 493 g/mol. The molecule has 2 aromatic carbocycles. The lowest BCUT2D eigenvalue weighted by molar-refractivity contribution is -0.113. The van der Waals surface area contributed by atoms with Gasteiger partial charge < -0.3 is 15.2 Å². The average molecular weight is 513 g/mol. The molecule has 0 bridgehead atoms. The van der Waals surface area contributed by atoms with Gasteiger partial charge in [-0.1, -0.05) is 46.6 Å². The van der Waals surface area contributed by atoms with E-state index < -0.39 is 0 Å². The highest BCUT2D eigenvalue weighted by atomic mass is 35.5. The lowest BCUT2D eigenvalue weighted by atomic mass is 10.2. The molecule has 0 saturated heterocycles. The van der Waals surface area contributed by atoms with Gasteiger partial charge in [-0.2, -0.15) is 0 Å². The number of rotatable bonds is 8. The van der Waals surface area contributed by atoms with Crippen LogP contribution >= 0.6 is 46.6 Å². The Kier molecular flexibility index (Phi) is 8.42. The Hall–Kier alpha value is -2.26. The van der Waals surface area contributed by atoms with Gasteiger partial charge in [0.05, 0.1) is 15.8 Å². The van der Waals surface area contributed by atoms with Crippen molar-refractivity contribution in [1.82, 2.24) is 20.1 Å². The van der Waals surface area contributed by atoms with Crippen LogP contribution < -0.4 is 10.6 Å². The number of benzene rings is 2. The Bertz CT molecular complexity index is 1150. The quantitative estimate of drug-likeness (QED) is 0.424. The number of hydrogen-bond acceptors (Lipinski definition) is 5. The summed E-state index contributed by atoms with van der Waals surface area (Å²) in [4.78, 5) is 24.5. The minimum absolute atomic E-state index is 0.154. The van der Waals surface area contributed by atoms with E-state index >= 15 is 0 Å². The van der Waals surface area contributed by atoms with Crippen LogP contribution in [0.2, 0.25) is 15.1 Å². The maximum atomic E-state index is 12.3. The summed E-state index contributed by atoms with van der Waals surface area (Å²) in [6.07, 6.45) is 0.479. The number of amides is 2. The molecule has 1 aromatic heterocycles. The lowest BCUT2D eigenvalue weighted by Crippen LogP contribution is -2.26. The van der Waals surface area contributed by atoms with E-state index in [0.29, 0.717) is 44.6 Å². The molecule has 0 saturated carbocycles. The number of nitrogens with zero attached hydrogens (tertiary/aromatic N) is 3. The Morgan fingerprint density at radius 1 is 1.06 bits per heavy atom. The predicted octanol–water partition coefficient (Wildman–Crippen LogP) is 4.79. The van der Waals surface area contributed by atoms with E-state index in [1.54, 1.807) is 34.9 Å². The lowest BCUT2D eigenvalue weighted by Gasteiger charge is -2.09. The first-order valence-corrected chi connectivity index (χ1v) is 11.7. The van der Waals surface area contributed by atoms with Gasteiger partial charge in [0.15, 0.2) is 5.16 Å². The molecule has 2 N–H and O–H groups in total. The summed E-state index contributed by atoms with van der Waals surface area (Å²) < 4.78 is 1.80. The fourth-order valence-electron chi connectivity index (χ4n) is 2.80. The number of aromatic nitrogens is 3. The van der Waals surface area contributed by atoms with Gasteiger partial charge in [0, 0.05) is 36.3 Å². The van der Waals surface area contributed by atoms with Gasteiger partial charge in [-0.05, 0) is 48.9 Å². The van der Waals surface area contributed by atoms with Crippen LogP contribution in [0.5, 0.6) is 0 Å². The van der Waals surface area contributed by atoms with Crippen molar-refractivity contribution in [3.8, 4) is 0 Å². The van der Waals surface area contributed by atoms with Crippen LogP contribution in [-0.2, 0) is 18.3 Å². The largest absolute Gasteiger partial charge is 0.352 e. The molecule has 0 spiro atoms. The number of aryl methyl sites for hydroxylation is 1. The summed E-state index contributed by atoms with van der Waals surface area (Å²) >= 11 is 19.1. The Morgan fingerprint density at radius 3 is 2.56 bits per heavy atom. The highest BCUT2D eigenvalue weighted by molar-refractivity contribution is 7.99. The van der Waals surface area contributed by atoms with E-state index in [0.717, 1.165) is 11.3 Å². The summed E-state index contributed by atoms with van der Waals surface area (Å²) in [5.41, 5.74) is 2.03. The third kappa shape index (κ3) is 6.38. The second kappa shape index (κ2) is 11.0. The predicted molar refractivity (Wildman–Crippen MR) is 129 cm³/mol. The molecule has 0 aliphatic heterocycles. The van der Waals surface area contributed by atoms with Gasteiger partial charge in [0.1, 0.15) is 5.82 Å².